The van der Waals surface area contributed by atoms with Crippen molar-refractivity contribution in [1.29, 1.82) is 0 Å². The molecule has 20 heavy (non-hydrogen) atoms. The second-order valence-electron chi connectivity index (χ2n) is 4.23. The van der Waals surface area contributed by atoms with E-state index < -0.39 is 11.7 Å². The zero-order valence-electron chi connectivity index (χ0n) is 11.1. The molecular weight excluding hydrogens is 255 g/mol. The van der Waals surface area contributed by atoms with Crippen LogP contribution in [-0.2, 0) is 0 Å². The first kappa shape index (κ1) is 13.9. The molecule has 1 N–H and O–H groups in total. The summed E-state index contributed by atoms with van der Waals surface area (Å²) >= 11 is 0. The topological polar surface area (TPSA) is 41.5 Å². The molecular formula is C16H15FN2O. The van der Waals surface area contributed by atoms with Crippen molar-refractivity contribution in [2.45, 2.75) is 13.3 Å². The molecule has 1 amide bonds. The molecule has 0 bridgehead atoms. The van der Waals surface area contributed by atoms with E-state index in [1.807, 2.05) is 37.3 Å². The first-order valence-electron chi connectivity index (χ1n) is 6.38. The molecule has 2 aromatic rings. The molecule has 102 valence electrons. The van der Waals surface area contributed by atoms with Crippen molar-refractivity contribution in [2.75, 3.05) is 0 Å². The Balaban J connectivity index is 2.13. The molecule has 0 aromatic heterocycles. The number of nitrogens with one attached hydrogen (secondary N) is 1. The maximum atomic E-state index is 13.0. The zero-order chi connectivity index (χ0) is 14.4. The van der Waals surface area contributed by atoms with Gasteiger partial charge in [-0.3, -0.25) is 4.79 Å². The van der Waals surface area contributed by atoms with Crippen LogP contribution in [0.15, 0.2) is 59.7 Å². The Morgan fingerprint density at radius 3 is 2.45 bits per heavy atom. The van der Waals surface area contributed by atoms with Crippen LogP contribution in [0, 0.1) is 5.82 Å². The number of hydrogen-bond donors (Lipinski definition) is 1. The quantitative estimate of drug-likeness (QED) is 0.671. The van der Waals surface area contributed by atoms with Crippen LogP contribution in [0.3, 0.4) is 0 Å². The third-order valence-corrected chi connectivity index (χ3v) is 2.82. The van der Waals surface area contributed by atoms with Crippen LogP contribution >= 0.6 is 0 Å². The van der Waals surface area contributed by atoms with Gasteiger partial charge in [0.15, 0.2) is 0 Å². The first-order valence-corrected chi connectivity index (χ1v) is 6.38. The van der Waals surface area contributed by atoms with Crippen LogP contribution in [-0.4, -0.2) is 11.6 Å². The molecule has 2 aromatic carbocycles. The van der Waals surface area contributed by atoms with Gasteiger partial charge in [0.1, 0.15) is 5.82 Å². The highest BCUT2D eigenvalue weighted by Gasteiger charge is 2.06. The molecule has 4 heteroatoms. The van der Waals surface area contributed by atoms with Crippen LogP contribution in [0.25, 0.3) is 0 Å². The van der Waals surface area contributed by atoms with Crippen LogP contribution in [0.1, 0.15) is 29.3 Å². The number of amides is 1. The van der Waals surface area contributed by atoms with Crippen LogP contribution in [0.5, 0.6) is 0 Å². The fourth-order valence-electron chi connectivity index (χ4n) is 1.79. The summed E-state index contributed by atoms with van der Waals surface area (Å²) in [6.45, 7) is 1.96. The van der Waals surface area contributed by atoms with E-state index in [0.717, 1.165) is 11.3 Å². The number of hydrogen-bond acceptors (Lipinski definition) is 2. The molecule has 0 unspecified atom stereocenters. The lowest BCUT2D eigenvalue weighted by molar-refractivity contribution is 0.0954. The smallest absolute Gasteiger partial charge is 0.267 e. The Labute approximate surface area is 117 Å². The summed E-state index contributed by atoms with van der Waals surface area (Å²) in [4.78, 5) is 11.9. The molecule has 0 spiro atoms. The summed E-state index contributed by atoms with van der Waals surface area (Å²) in [7, 11) is 0. The lowest BCUT2D eigenvalue weighted by Gasteiger charge is -2.05. The van der Waals surface area contributed by atoms with Crippen molar-refractivity contribution in [1.82, 2.24) is 5.43 Å². The highest BCUT2D eigenvalue weighted by Crippen LogP contribution is 2.05. The van der Waals surface area contributed by atoms with Crippen molar-refractivity contribution in [2.24, 2.45) is 5.10 Å². The van der Waals surface area contributed by atoms with E-state index in [0.29, 0.717) is 6.42 Å². The second-order valence-corrected chi connectivity index (χ2v) is 4.23. The summed E-state index contributed by atoms with van der Waals surface area (Å²) in [5.74, 6) is -0.869. The fraction of sp³-hybridized carbons (Fsp3) is 0.125. The maximum absolute atomic E-state index is 13.0. The Morgan fingerprint density at radius 2 is 1.80 bits per heavy atom. The Morgan fingerprint density at radius 1 is 1.10 bits per heavy atom. The summed E-state index contributed by atoms with van der Waals surface area (Å²) in [6, 6.07) is 15.1. The average molecular weight is 270 g/mol. The van der Waals surface area contributed by atoms with E-state index in [1.165, 1.54) is 18.2 Å². The lowest BCUT2D eigenvalue weighted by Crippen LogP contribution is -2.20. The first-order chi connectivity index (χ1) is 9.70. The van der Waals surface area contributed by atoms with E-state index in [2.05, 4.69) is 10.5 Å². The molecule has 3 nitrogen and oxygen atoms in total. The van der Waals surface area contributed by atoms with Crippen LogP contribution in [0.2, 0.25) is 0 Å². The van der Waals surface area contributed by atoms with Gasteiger partial charge in [0.25, 0.3) is 5.91 Å². The van der Waals surface area contributed by atoms with Gasteiger partial charge in [0, 0.05) is 5.56 Å². The number of carbonyl (C=O) groups excluding carboxylic acids is 1. The monoisotopic (exact) mass is 270 g/mol. The minimum atomic E-state index is -0.444. The Bertz CT molecular complexity index is 623. The number of halogens is 1. The van der Waals surface area contributed by atoms with E-state index in [9.17, 15) is 9.18 Å². The van der Waals surface area contributed by atoms with Gasteiger partial charge in [-0.25, -0.2) is 9.82 Å². The van der Waals surface area contributed by atoms with Crippen molar-refractivity contribution < 1.29 is 9.18 Å². The molecule has 0 fully saturated rings. The maximum Gasteiger partial charge on any atom is 0.271 e. The molecule has 0 radical (unpaired) electrons. The van der Waals surface area contributed by atoms with Gasteiger partial charge in [0.2, 0.25) is 0 Å². The van der Waals surface area contributed by atoms with Gasteiger partial charge in [-0.2, -0.15) is 5.10 Å². The van der Waals surface area contributed by atoms with Crippen molar-refractivity contribution >= 4 is 11.6 Å². The van der Waals surface area contributed by atoms with Crippen molar-refractivity contribution in [3.05, 3.63) is 71.5 Å². The molecule has 0 heterocycles. The van der Waals surface area contributed by atoms with Gasteiger partial charge in [-0.15, -0.1) is 0 Å². The van der Waals surface area contributed by atoms with E-state index in [4.69, 9.17) is 0 Å². The van der Waals surface area contributed by atoms with Crippen molar-refractivity contribution in [3.63, 3.8) is 0 Å². The molecule has 0 saturated heterocycles. The van der Waals surface area contributed by atoms with Crippen molar-refractivity contribution in [3.8, 4) is 0 Å². The third-order valence-electron chi connectivity index (χ3n) is 2.82. The van der Waals surface area contributed by atoms with E-state index >= 15 is 0 Å². The number of benzene rings is 2. The molecule has 0 aliphatic carbocycles. The minimum absolute atomic E-state index is 0.247. The Hall–Kier alpha value is -2.49. The predicted molar refractivity (Wildman–Crippen MR) is 77.1 cm³/mol. The minimum Gasteiger partial charge on any atom is -0.267 e. The molecule has 0 aliphatic rings. The van der Waals surface area contributed by atoms with Gasteiger partial charge < -0.3 is 0 Å². The van der Waals surface area contributed by atoms with E-state index in [-0.39, 0.29) is 5.56 Å². The highest BCUT2D eigenvalue weighted by atomic mass is 19.1. The molecule has 2 rings (SSSR count). The largest absolute Gasteiger partial charge is 0.271 e. The van der Waals surface area contributed by atoms with Gasteiger partial charge in [-0.05, 0) is 30.2 Å². The SMILES string of the molecule is CC/C(=N/NC(=O)c1cccc(F)c1)c1ccccc1. The van der Waals surface area contributed by atoms with Crippen LogP contribution < -0.4 is 5.43 Å². The second kappa shape index (κ2) is 6.61. The third kappa shape index (κ3) is 3.51. The Kier molecular flexibility index (Phi) is 4.60. The van der Waals surface area contributed by atoms with Gasteiger partial charge in [0.05, 0.1) is 5.71 Å². The highest BCUT2D eigenvalue weighted by molar-refractivity contribution is 6.02. The van der Waals surface area contributed by atoms with Gasteiger partial charge >= 0.3 is 0 Å². The van der Waals surface area contributed by atoms with Gasteiger partial charge in [-0.1, -0.05) is 43.3 Å². The van der Waals surface area contributed by atoms with Crippen LogP contribution in [0.4, 0.5) is 4.39 Å². The normalized spacial score (nSPS) is 11.2. The number of rotatable bonds is 4. The fourth-order valence-corrected chi connectivity index (χ4v) is 1.79. The molecule has 0 atom stereocenters. The zero-order valence-corrected chi connectivity index (χ0v) is 11.1. The standard InChI is InChI=1S/C16H15FN2O/c1-2-15(12-7-4-3-5-8-12)18-19-16(20)13-9-6-10-14(17)11-13/h3-11H,2H2,1H3,(H,19,20)/b18-15-. The average Bonchev–Trinajstić information content (AvgIpc) is 2.49. The molecule has 0 aliphatic heterocycles. The molecule has 0 saturated carbocycles. The summed E-state index contributed by atoms with van der Waals surface area (Å²) in [5.41, 5.74) is 4.43. The summed E-state index contributed by atoms with van der Waals surface area (Å²) in [5, 5.41) is 4.11. The predicted octanol–water partition coefficient (Wildman–Crippen LogP) is 3.37. The van der Waals surface area contributed by atoms with E-state index in [1.54, 1.807) is 6.07 Å². The number of nitrogens with zero attached hydrogens (tertiary/aromatic N) is 1. The lowest BCUT2D eigenvalue weighted by atomic mass is 10.1. The number of carbonyl (C=O) groups is 1. The summed E-state index contributed by atoms with van der Waals surface area (Å²) in [6.07, 6.45) is 0.688. The number of hydrazone groups is 1. The summed E-state index contributed by atoms with van der Waals surface area (Å²) < 4.78 is 13.0.